The number of hydrogen-bond donors (Lipinski definition) is 3. The van der Waals surface area contributed by atoms with E-state index in [9.17, 15) is 4.79 Å². The third kappa shape index (κ3) is 4.49. The van der Waals surface area contributed by atoms with Crippen molar-refractivity contribution >= 4 is 5.91 Å². The molecule has 0 radical (unpaired) electrons. The zero-order chi connectivity index (χ0) is 12.7. The van der Waals surface area contributed by atoms with Gasteiger partial charge in [0.2, 0.25) is 5.91 Å². The van der Waals surface area contributed by atoms with E-state index in [1.807, 2.05) is 6.92 Å². The highest BCUT2D eigenvalue weighted by atomic mass is 16.5. The highest BCUT2D eigenvalue weighted by Gasteiger charge is 2.17. The quantitative estimate of drug-likeness (QED) is 0.570. The Bertz CT molecular complexity index is 327. The molecule has 0 aliphatic carbocycles. The van der Waals surface area contributed by atoms with Crippen LogP contribution in [0.4, 0.5) is 0 Å². The smallest absolute Gasteiger partial charge is 0.237 e. The first-order chi connectivity index (χ1) is 8.15. The Hall–Kier alpha value is -1.47. The number of aromatic nitrogens is 3. The van der Waals surface area contributed by atoms with E-state index < -0.39 is 6.04 Å². The number of nitrogens with two attached hydrogens (primary N) is 1. The van der Waals surface area contributed by atoms with Crippen molar-refractivity contribution in [1.82, 2.24) is 20.5 Å². The van der Waals surface area contributed by atoms with Gasteiger partial charge < -0.3 is 15.8 Å². The van der Waals surface area contributed by atoms with Crippen molar-refractivity contribution in [2.75, 3.05) is 13.7 Å². The molecule has 1 amide bonds. The van der Waals surface area contributed by atoms with E-state index in [0.717, 1.165) is 6.42 Å². The van der Waals surface area contributed by atoms with Crippen LogP contribution >= 0.6 is 0 Å². The molecule has 0 saturated heterocycles. The molecule has 7 nitrogen and oxygen atoms in total. The molecule has 7 heteroatoms. The summed E-state index contributed by atoms with van der Waals surface area (Å²) in [5.74, 6) is 0.424. The molecule has 0 bridgehead atoms. The number of carbonyl (C=O) groups excluding carboxylic acids is 1. The van der Waals surface area contributed by atoms with Crippen LogP contribution in [0, 0.1) is 0 Å². The van der Waals surface area contributed by atoms with Crippen LogP contribution < -0.4 is 11.1 Å². The van der Waals surface area contributed by atoms with Gasteiger partial charge in [0.05, 0.1) is 12.1 Å². The van der Waals surface area contributed by atoms with Crippen molar-refractivity contribution in [2.45, 2.75) is 31.8 Å². The first kappa shape index (κ1) is 13.6. The van der Waals surface area contributed by atoms with E-state index in [1.165, 1.54) is 6.33 Å². The number of hydrogen-bond acceptors (Lipinski definition) is 5. The molecule has 0 saturated carbocycles. The van der Waals surface area contributed by atoms with Gasteiger partial charge in [-0.15, -0.1) is 0 Å². The summed E-state index contributed by atoms with van der Waals surface area (Å²) in [7, 11) is 1.62. The molecule has 0 aliphatic heterocycles. The molecule has 0 aliphatic rings. The van der Waals surface area contributed by atoms with Crippen molar-refractivity contribution < 1.29 is 9.53 Å². The molecule has 1 rings (SSSR count). The van der Waals surface area contributed by atoms with Crippen molar-refractivity contribution in [3.63, 3.8) is 0 Å². The summed E-state index contributed by atoms with van der Waals surface area (Å²) in [6, 6.07) is -0.742. The summed E-state index contributed by atoms with van der Waals surface area (Å²) in [6.07, 6.45) is 2.76. The number of ether oxygens (including phenoxy) is 1. The molecule has 96 valence electrons. The molecule has 1 heterocycles. The Morgan fingerprint density at radius 1 is 1.71 bits per heavy atom. The molecule has 0 fully saturated rings. The van der Waals surface area contributed by atoms with Gasteiger partial charge in [-0.25, -0.2) is 4.98 Å². The summed E-state index contributed by atoms with van der Waals surface area (Å²) in [5, 5.41) is 9.19. The summed E-state index contributed by atoms with van der Waals surface area (Å²) in [6.45, 7) is 2.43. The van der Waals surface area contributed by atoms with Gasteiger partial charge >= 0.3 is 0 Å². The average molecular weight is 241 g/mol. The molecule has 1 aromatic rings. The number of carbonyl (C=O) groups is 1. The molecule has 1 aromatic heterocycles. The van der Waals surface area contributed by atoms with Crippen molar-refractivity contribution in [3.05, 3.63) is 12.2 Å². The van der Waals surface area contributed by atoms with E-state index in [0.29, 0.717) is 18.9 Å². The minimum Gasteiger partial charge on any atom is -0.385 e. The topological polar surface area (TPSA) is 106 Å². The van der Waals surface area contributed by atoms with E-state index >= 15 is 0 Å². The number of methoxy groups -OCH3 is 1. The van der Waals surface area contributed by atoms with E-state index in [2.05, 4.69) is 20.5 Å². The Morgan fingerprint density at radius 2 is 2.47 bits per heavy atom. The fraction of sp³-hybridized carbons (Fsp3) is 0.700. The predicted octanol–water partition coefficient (Wildman–Crippen LogP) is -0.264. The largest absolute Gasteiger partial charge is 0.385 e. The minimum absolute atomic E-state index is 0.190. The number of aromatic amines is 1. The number of nitrogens with one attached hydrogen (secondary N) is 2. The third-order valence-electron chi connectivity index (χ3n) is 2.40. The number of rotatable bonds is 7. The van der Waals surface area contributed by atoms with Gasteiger partial charge in [-0.1, -0.05) is 0 Å². The fourth-order valence-corrected chi connectivity index (χ4v) is 1.39. The van der Waals surface area contributed by atoms with Gasteiger partial charge in [0.15, 0.2) is 0 Å². The SMILES string of the molecule is COCCCC(N)C(=O)NC(C)c1ncn[nH]1. The molecule has 0 spiro atoms. The Balaban J connectivity index is 2.33. The maximum Gasteiger partial charge on any atom is 0.237 e. The average Bonchev–Trinajstić information content (AvgIpc) is 2.82. The van der Waals surface area contributed by atoms with Crippen LogP contribution in [0.15, 0.2) is 6.33 Å². The Morgan fingerprint density at radius 3 is 3.06 bits per heavy atom. The summed E-state index contributed by atoms with van der Waals surface area (Å²) < 4.78 is 4.90. The highest BCUT2D eigenvalue weighted by Crippen LogP contribution is 2.05. The van der Waals surface area contributed by atoms with Gasteiger partial charge in [-0.05, 0) is 19.8 Å². The van der Waals surface area contributed by atoms with Crippen molar-refractivity contribution in [2.24, 2.45) is 5.73 Å². The van der Waals surface area contributed by atoms with Crippen LogP contribution in [0.25, 0.3) is 0 Å². The van der Waals surface area contributed by atoms with Crippen LogP contribution in [-0.4, -0.2) is 40.8 Å². The lowest BCUT2D eigenvalue weighted by atomic mass is 10.1. The second-order valence-corrected chi connectivity index (χ2v) is 3.84. The predicted molar refractivity (Wildman–Crippen MR) is 62.0 cm³/mol. The van der Waals surface area contributed by atoms with Crippen LogP contribution in [0.3, 0.4) is 0 Å². The van der Waals surface area contributed by atoms with Gasteiger partial charge in [0.1, 0.15) is 12.2 Å². The summed E-state index contributed by atoms with van der Waals surface area (Å²) in [5.41, 5.74) is 5.75. The fourth-order valence-electron chi connectivity index (χ4n) is 1.39. The number of amides is 1. The van der Waals surface area contributed by atoms with Crippen molar-refractivity contribution in [1.29, 1.82) is 0 Å². The normalized spacial score (nSPS) is 14.3. The lowest BCUT2D eigenvalue weighted by molar-refractivity contribution is -0.123. The molecule has 0 aromatic carbocycles. The van der Waals surface area contributed by atoms with Gasteiger partial charge in [0, 0.05) is 13.7 Å². The minimum atomic E-state index is -0.518. The molecular formula is C10H19N5O2. The number of nitrogens with zero attached hydrogens (tertiary/aromatic N) is 2. The zero-order valence-electron chi connectivity index (χ0n) is 10.1. The van der Waals surface area contributed by atoms with Crippen LogP contribution in [0.2, 0.25) is 0 Å². The maximum atomic E-state index is 11.7. The third-order valence-corrected chi connectivity index (χ3v) is 2.40. The summed E-state index contributed by atoms with van der Waals surface area (Å²) in [4.78, 5) is 15.7. The molecule has 17 heavy (non-hydrogen) atoms. The van der Waals surface area contributed by atoms with Crippen LogP contribution in [-0.2, 0) is 9.53 Å². The molecular weight excluding hydrogens is 222 g/mol. The highest BCUT2D eigenvalue weighted by molar-refractivity contribution is 5.81. The molecule has 2 unspecified atom stereocenters. The summed E-state index contributed by atoms with van der Waals surface area (Å²) >= 11 is 0. The van der Waals surface area contributed by atoms with Crippen LogP contribution in [0.1, 0.15) is 31.6 Å². The maximum absolute atomic E-state index is 11.7. The van der Waals surface area contributed by atoms with E-state index in [-0.39, 0.29) is 11.9 Å². The monoisotopic (exact) mass is 241 g/mol. The first-order valence-electron chi connectivity index (χ1n) is 5.55. The number of H-pyrrole nitrogens is 1. The van der Waals surface area contributed by atoms with E-state index in [1.54, 1.807) is 7.11 Å². The second-order valence-electron chi connectivity index (χ2n) is 3.84. The standard InChI is InChI=1S/C10H19N5O2/c1-7(9-12-6-13-15-9)14-10(16)8(11)4-3-5-17-2/h6-8H,3-5,11H2,1-2H3,(H,14,16)(H,12,13,15). The first-order valence-corrected chi connectivity index (χ1v) is 5.55. The molecule has 2 atom stereocenters. The Kier molecular flexibility index (Phi) is 5.58. The Labute approximate surface area is 100 Å². The zero-order valence-corrected chi connectivity index (χ0v) is 10.1. The van der Waals surface area contributed by atoms with Gasteiger partial charge in [0.25, 0.3) is 0 Å². The lowest BCUT2D eigenvalue weighted by Crippen LogP contribution is -2.41. The van der Waals surface area contributed by atoms with Gasteiger partial charge in [-0.3, -0.25) is 9.89 Å². The second kappa shape index (κ2) is 6.97. The lowest BCUT2D eigenvalue weighted by Gasteiger charge is -2.15. The molecule has 4 N–H and O–H groups in total. The van der Waals surface area contributed by atoms with Crippen molar-refractivity contribution in [3.8, 4) is 0 Å². The van der Waals surface area contributed by atoms with Crippen LogP contribution in [0.5, 0.6) is 0 Å². The van der Waals surface area contributed by atoms with E-state index in [4.69, 9.17) is 10.5 Å². The van der Waals surface area contributed by atoms with Gasteiger partial charge in [-0.2, -0.15) is 5.10 Å².